The third kappa shape index (κ3) is 4.91. The maximum atomic E-state index is 5.05. The van der Waals surface area contributed by atoms with E-state index in [0.29, 0.717) is 17.5 Å². The minimum atomic E-state index is 0.652. The van der Waals surface area contributed by atoms with Crippen molar-refractivity contribution in [3.63, 3.8) is 0 Å². The van der Waals surface area contributed by atoms with E-state index in [4.69, 9.17) is 15.0 Å². The Morgan fingerprint density at radius 2 is 0.860 bits per heavy atom. The first kappa shape index (κ1) is 31.9. The molecule has 8 aromatic carbocycles. The standard InChI is InChI=1S/C51H31N5S/c1-4-15-32(16-5-1)49-52-50(33-17-6-2-7-18-33)54-51(53-49)34-27-30-45-41(31-34)40-23-14-26-44(48(40)57-45)56-43-25-13-11-22-37(43)39-29-28-38-36-21-10-12-24-42(36)55(46(38)47(39)56)35-19-8-3-9-20-35/h1-31H. The number of aromatic nitrogens is 5. The van der Waals surface area contributed by atoms with Crippen LogP contribution in [0.15, 0.2) is 188 Å². The molecule has 57 heavy (non-hydrogen) atoms. The van der Waals surface area contributed by atoms with E-state index in [-0.39, 0.29) is 0 Å². The summed E-state index contributed by atoms with van der Waals surface area (Å²) < 4.78 is 7.40. The van der Waals surface area contributed by atoms with Gasteiger partial charge in [0, 0.05) is 59.4 Å². The van der Waals surface area contributed by atoms with Crippen molar-refractivity contribution in [2.45, 2.75) is 0 Å². The van der Waals surface area contributed by atoms with Crippen molar-refractivity contribution in [1.82, 2.24) is 24.1 Å². The van der Waals surface area contributed by atoms with E-state index < -0.39 is 0 Å². The molecule has 0 N–H and O–H groups in total. The van der Waals surface area contributed by atoms with Crippen molar-refractivity contribution in [1.29, 1.82) is 0 Å². The van der Waals surface area contributed by atoms with Crippen molar-refractivity contribution >= 4 is 75.1 Å². The fourth-order valence-corrected chi connectivity index (χ4v) is 9.82. The second-order valence-corrected chi connectivity index (χ2v) is 15.5. The summed E-state index contributed by atoms with van der Waals surface area (Å²) in [5.41, 5.74) is 9.95. The molecule has 12 rings (SSSR count). The summed E-state index contributed by atoms with van der Waals surface area (Å²) in [5.74, 6) is 1.96. The Labute approximate surface area is 331 Å². The van der Waals surface area contributed by atoms with Crippen LogP contribution in [-0.2, 0) is 0 Å². The third-order valence-corrected chi connectivity index (χ3v) is 12.4. The molecule has 0 fully saturated rings. The van der Waals surface area contributed by atoms with Crippen LogP contribution >= 0.6 is 11.3 Å². The lowest BCUT2D eigenvalue weighted by Crippen LogP contribution is -2.00. The van der Waals surface area contributed by atoms with Gasteiger partial charge < -0.3 is 9.13 Å². The van der Waals surface area contributed by atoms with Gasteiger partial charge in [-0.25, -0.2) is 15.0 Å². The smallest absolute Gasteiger partial charge is 0.164 e. The highest BCUT2D eigenvalue weighted by Gasteiger charge is 2.23. The van der Waals surface area contributed by atoms with Gasteiger partial charge in [-0.2, -0.15) is 0 Å². The van der Waals surface area contributed by atoms with Crippen molar-refractivity contribution in [2.75, 3.05) is 0 Å². The van der Waals surface area contributed by atoms with E-state index in [9.17, 15) is 0 Å². The lowest BCUT2D eigenvalue weighted by Gasteiger charge is -2.13. The minimum Gasteiger partial charge on any atom is -0.307 e. The summed E-state index contributed by atoms with van der Waals surface area (Å²) in [6.45, 7) is 0. The summed E-state index contributed by atoms with van der Waals surface area (Å²) in [4.78, 5) is 15.0. The van der Waals surface area contributed by atoms with Crippen LogP contribution in [0, 0.1) is 0 Å². The molecular formula is C51H31N5S. The van der Waals surface area contributed by atoms with E-state index in [1.54, 1.807) is 0 Å². The molecule has 0 radical (unpaired) electrons. The van der Waals surface area contributed by atoms with Gasteiger partial charge in [-0.05, 0) is 48.5 Å². The molecule has 0 saturated carbocycles. The van der Waals surface area contributed by atoms with Gasteiger partial charge >= 0.3 is 0 Å². The molecule has 0 amide bonds. The molecule has 4 heterocycles. The van der Waals surface area contributed by atoms with Gasteiger partial charge in [-0.3, -0.25) is 0 Å². The Bertz CT molecular complexity index is 3450. The first-order chi connectivity index (χ1) is 28.3. The van der Waals surface area contributed by atoms with Crippen molar-refractivity contribution in [3.05, 3.63) is 188 Å². The highest BCUT2D eigenvalue weighted by molar-refractivity contribution is 7.26. The maximum absolute atomic E-state index is 5.05. The summed E-state index contributed by atoms with van der Waals surface area (Å²) >= 11 is 1.84. The highest BCUT2D eigenvalue weighted by Crippen LogP contribution is 2.45. The Hall–Kier alpha value is -7.41. The van der Waals surface area contributed by atoms with Crippen molar-refractivity contribution in [2.24, 2.45) is 0 Å². The largest absolute Gasteiger partial charge is 0.307 e. The SMILES string of the molecule is c1ccc(-c2nc(-c3ccccc3)nc(-c3ccc4sc5c(-n6c7ccccc7c7ccc8c9ccccc9n(-c9ccccc9)c8c76)cccc5c4c3)n2)cc1. The van der Waals surface area contributed by atoms with Crippen LogP contribution in [0.2, 0.25) is 0 Å². The Balaban J connectivity index is 1.12. The zero-order chi connectivity index (χ0) is 37.5. The molecule has 5 nitrogen and oxygen atoms in total. The molecule has 0 bridgehead atoms. The lowest BCUT2D eigenvalue weighted by molar-refractivity contribution is 1.07. The van der Waals surface area contributed by atoms with Crippen LogP contribution in [0.1, 0.15) is 0 Å². The van der Waals surface area contributed by atoms with Crippen LogP contribution in [0.3, 0.4) is 0 Å². The molecule has 0 unspecified atom stereocenters. The average molecular weight is 746 g/mol. The molecule has 12 aromatic rings. The fraction of sp³-hybridized carbons (Fsp3) is 0. The van der Waals surface area contributed by atoms with Gasteiger partial charge in [-0.15, -0.1) is 11.3 Å². The second-order valence-electron chi connectivity index (χ2n) is 14.4. The van der Waals surface area contributed by atoms with Crippen LogP contribution in [0.25, 0.3) is 109 Å². The third-order valence-electron chi connectivity index (χ3n) is 11.2. The normalized spacial score (nSPS) is 11.9. The van der Waals surface area contributed by atoms with Crippen molar-refractivity contribution in [3.8, 4) is 45.5 Å². The number of fused-ring (bicyclic) bond motifs is 10. The molecule has 6 heteroatoms. The van der Waals surface area contributed by atoms with Crippen molar-refractivity contribution < 1.29 is 0 Å². The predicted molar refractivity (Wildman–Crippen MR) is 238 cm³/mol. The molecule has 266 valence electrons. The summed E-state index contributed by atoms with van der Waals surface area (Å²) in [5, 5.41) is 7.33. The number of rotatable bonds is 5. The average Bonchev–Trinajstić information content (AvgIpc) is 3.95. The molecule has 0 aliphatic carbocycles. The van der Waals surface area contributed by atoms with Gasteiger partial charge in [0.2, 0.25) is 0 Å². The quantitative estimate of drug-likeness (QED) is 0.176. The number of benzene rings is 8. The lowest BCUT2D eigenvalue weighted by atomic mass is 10.1. The molecule has 0 aliphatic rings. The summed E-state index contributed by atoms with van der Waals surface area (Å²) in [6, 6.07) is 66.6. The van der Waals surface area contributed by atoms with E-state index in [0.717, 1.165) is 28.1 Å². The van der Waals surface area contributed by atoms with Gasteiger partial charge in [0.15, 0.2) is 17.5 Å². The fourth-order valence-electron chi connectivity index (χ4n) is 8.63. The first-order valence-corrected chi connectivity index (χ1v) is 19.9. The Kier molecular flexibility index (Phi) is 7.03. The number of nitrogens with zero attached hydrogens (tertiary/aromatic N) is 5. The molecular weight excluding hydrogens is 715 g/mol. The first-order valence-electron chi connectivity index (χ1n) is 19.1. The predicted octanol–water partition coefficient (Wildman–Crippen LogP) is 13.4. The topological polar surface area (TPSA) is 48.5 Å². The molecule has 0 spiro atoms. The monoisotopic (exact) mass is 745 g/mol. The van der Waals surface area contributed by atoms with Crippen LogP contribution in [-0.4, -0.2) is 24.1 Å². The van der Waals surface area contributed by atoms with Gasteiger partial charge in [-0.1, -0.05) is 140 Å². The van der Waals surface area contributed by atoms with E-state index >= 15 is 0 Å². The highest BCUT2D eigenvalue weighted by atomic mass is 32.1. The zero-order valence-electron chi connectivity index (χ0n) is 30.5. The maximum Gasteiger partial charge on any atom is 0.164 e. The zero-order valence-corrected chi connectivity index (χ0v) is 31.4. The second kappa shape index (κ2) is 12.6. The summed E-state index contributed by atoms with van der Waals surface area (Å²) in [7, 11) is 0. The Morgan fingerprint density at radius 1 is 0.351 bits per heavy atom. The minimum absolute atomic E-state index is 0.652. The molecule has 4 aromatic heterocycles. The van der Waals surface area contributed by atoms with Gasteiger partial charge in [0.25, 0.3) is 0 Å². The Morgan fingerprint density at radius 3 is 1.49 bits per heavy atom. The van der Waals surface area contributed by atoms with Crippen LogP contribution < -0.4 is 0 Å². The van der Waals surface area contributed by atoms with E-state index in [1.807, 2.05) is 72.0 Å². The number of hydrogen-bond acceptors (Lipinski definition) is 4. The van der Waals surface area contributed by atoms with Crippen LogP contribution in [0.5, 0.6) is 0 Å². The number of para-hydroxylation sites is 3. The number of thiophene rings is 1. The van der Waals surface area contributed by atoms with E-state index in [2.05, 4.69) is 137 Å². The number of hydrogen-bond donors (Lipinski definition) is 0. The summed E-state index contributed by atoms with van der Waals surface area (Å²) in [6.07, 6.45) is 0. The van der Waals surface area contributed by atoms with Crippen LogP contribution in [0.4, 0.5) is 0 Å². The molecule has 0 saturated heterocycles. The van der Waals surface area contributed by atoms with Gasteiger partial charge in [0.05, 0.1) is 32.5 Å². The molecule has 0 aliphatic heterocycles. The van der Waals surface area contributed by atoms with Gasteiger partial charge in [0.1, 0.15) is 0 Å². The van der Waals surface area contributed by atoms with E-state index in [1.165, 1.54) is 63.8 Å². The molecule has 0 atom stereocenters.